The molecular formula is C20H29N5O. The largest absolute Gasteiger partial charge is 0.351 e. The summed E-state index contributed by atoms with van der Waals surface area (Å²) in [5, 5.41) is 2.88. The fourth-order valence-corrected chi connectivity index (χ4v) is 2.58. The van der Waals surface area contributed by atoms with Crippen molar-refractivity contribution >= 4 is 11.7 Å². The molecule has 26 heavy (non-hydrogen) atoms. The summed E-state index contributed by atoms with van der Waals surface area (Å²) in [5.74, 6) is 0.593. The Balaban J connectivity index is 1.98. The van der Waals surface area contributed by atoms with E-state index in [-0.39, 0.29) is 11.9 Å². The van der Waals surface area contributed by atoms with Gasteiger partial charge in [0.25, 0.3) is 5.91 Å². The van der Waals surface area contributed by atoms with Crippen LogP contribution in [0.25, 0.3) is 0 Å². The Morgan fingerprint density at radius 3 is 2.42 bits per heavy atom. The molecular weight excluding hydrogens is 326 g/mol. The maximum atomic E-state index is 12.2. The van der Waals surface area contributed by atoms with Crippen molar-refractivity contribution < 1.29 is 4.79 Å². The molecule has 0 fully saturated rings. The molecule has 140 valence electrons. The summed E-state index contributed by atoms with van der Waals surface area (Å²) in [6.07, 6.45) is 4.14. The molecule has 2 rings (SSSR count). The molecule has 1 amide bonds. The molecule has 0 saturated heterocycles. The summed E-state index contributed by atoms with van der Waals surface area (Å²) in [5.41, 5.74) is 1.56. The van der Waals surface area contributed by atoms with E-state index >= 15 is 0 Å². The van der Waals surface area contributed by atoms with E-state index in [0.717, 1.165) is 25.3 Å². The first-order valence-electron chi connectivity index (χ1n) is 9.03. The van der Waals surface area contributed by atoms with Gasteiger partial charge in [0.2, 0.25) is 0 Å². The zero-order chi connectivity index (χ0) is 18.9. The van der Waals surface area contributed by atoms with Crippen LogP contribution in [0.3, 0.4) is 0 Å². The van der Waals surface area contributed by atoms with Gasteiger partial charge in [-0.1, -0.05) is 30.3 Å². The highest BCUT2D eigenvalue weighted by molar-refractivity contribution is 5.91. The quantitative estimate of drug-likeness (QED) is 0.701. The zero-order valence-electron chi connectivity index (χ0n) is 16.1. The summed E-state index contributed by atoms with van der Waals surface area (Å²) in [6, 6.07) is 10.5. The molecule has 1 heterocycles. The van der Waals surface area contributed by atoms with Crippen molar-refractivity contribution in [3.05, 3.63) is 54.0 Å². The molecule has 0 spiro atoms. The van der Waals surface area contributed by atoms with E-state index in [1.807, 2.05) is 32.3 Å². The van der Waals surface area contributed by atoms with Gasteiger partial charge in [0.1, 0.15) is 11.5 Å². The summed E-state index contributed by atoms with van der Waals surface area (Å²) in [6.45, 7) is 6.57. The van der Waals surface area contributed by atoms with E-state index in [2.05, 4.69) is 51.1 Å². The summed E-state index contributed by atoms with van der Waals surface area (Å²) >= 11 is 0. The number of amides is 1. The topological polar surface area (TPSA) is 61.4 Å². The molecule has 0 bridgehead atoms. The molecule has 2 aromatic rings. The third-order valence-corrected chi connectivity index (χ3v) is 4.05. The molecule has 0 atom stereocenters. The highest BCUT2D eigenvalue weighted by Crippen LogP contribution is 2.16. The first kappa shape index (κ1) is 19.8. The van der Waals surface area contributed by atoms with E-state index < -0.39 is 0 Å². The third-order valence-electron chi connectivity index (χ3n) is 4.05. The van der Waals surface area contributed by atoms with E-state index in [1.165, 1.54) is 5.56 Å². The molecule has 0 unspecified atom stereocenters. The van der Waals surface area contributed by atoms with E-state index in [9.17, 15) is 4.79 Å². The van der Waals surface area contributed by atoms with Crippen molar-refractivity contribution in [2.45, 2.75) is 32.9 Å². The fraction of sp³-hybridized carbons (Fsp3) is 0.450. The molecule has 1 N–H and O–H groups in total. The van der Waals surface area contributed by atoms with Crippen molar-refractivity contribution in [3.63, 3.8) is 0 Å². The third kappa shape index (κ3) is 6.11. The Morgan fingerprint density at radius 2 is 1.85 bits per heavy atom. The van der Waals surface area contributed by atoms with Crippen LogP contribution in [0.4, 0.5) is 5.82 Å². The monoisotopic (exact) mass is 355 g/mol. The highest BCUT2D eigenvalue weighted by Gasteiger charge is 2.14. The number of hydrogen-bond acceptors (Lipinski definition) is 5. The van der Waals surface area contributed by atoms with Crippen molar-refractivity contribution in [2.24, 2.45) is 0 Å². The Hall–Kier alpha value is -2.47. The Labute approximate surface area is 156 Å². The lowest BCUT2D eigenvalue weighted by Gasteiger charge is -2.27. The zero-order valence-corrected chi connectivity index (χ0v) is 16.1. The van der Waals surface area contributed by atoms with Gasteiger partial charge in [0.15, 0.2) is 0 Å². The first-order chi connectivity index (χ1) is 12.5. The molecule has 0 aliphatic rings. The highest BCUT2D eigenvalue weighted by atomic mass is 16.1. The Morgan fingerprint density at radius 1 is 1.12 bits per heavy atom. The minimum absolute atomic E-state index is 0.179. The minimum atomic E-state index is -0.179. The number of nitrogens with one attached hydrogen (secondary N) is 1. The van der Waals surface area contributed by atoms with Gasteiger partial charge in [-0.15, -0.1) is 0 Å². The van der Waals surface area contributed by atoms with Crippen LogP contribution in [0.2, 0.25) is 0 Å². The standard InChI is InChI=1S/C20H29N5O/c1-16(2)25(15-17-9-6-5-7-10-17)19-14-22-18(13-23-19)20(26)21-11-8-12-24(3)4/h5-7,9-10,13-14,16H,8,11-12,15H2,1-4H3,(H,21,26). The number of carbonyl (C=O) groups is 1. The average Bonchev–Trinajstić information content (AvgIpc) is 2.64. The number of hydrogen-bond donors (Lipinski definition) is 1. The van der Waals surface area contributed by atoms with Crippen LogP contribution in [0, 0.1) is 0 Å². The minimum Gasteiger partial charge on any atom is -0.351 e. The molecule has 0 aliphatic heterocycles. The molecule has 0 radical (unpaired) electrons. The van der Waals surface area contributed by atoms with Crippen molar-refractivity contribution in [2.75, 3.05) is 32.1 Å². The van der Waals surface area contributed by atoms with Crippen LogP contribution < -0.4 is 10.2 Å². The van der Waals surface area contributed by atoms with Crippen LogP contribution in [0.1, 0.15) is 36.3 Å². The molecule has 6 nitrogen and oxygen atoms in total. The number of anilines is 1. The second-order valence-corrected chi connectivity index (χ2v) is 6.88. The van der Waals surface area contributed by atoms with Gasteiger partial charge < -0.3 is 15.1 Å². The molecule has 1 aromatic carbocycles. The predicted octanol–water partition coefficient (Wildman–Crippen LogP) is 2.57. The van der Waals surface area contributed by atoms with Gasteiger partial charge in [-0.05, 0) is 46.5 Å². The van der Waals surface area contributed by atoms with Gasteiger partial charge >= 0.3 is 0 Å². The number of aromatic nitrogens is 2. The number of nitrogens with zero attached hydrogens (tertiary/aromatic N) is 4. The van der Waals surface area contributed by atoms with Crippen LogP contribution in [-0.4, -0.2) is 54.0 Å². The first-order valence-corrected chi connectivity index (χ1v) is 9.03. The van der Waals surface area contributed by atoms with Crippen LogP contribution >= 0.6 is 0 Å². The Bertz CT molecular complexity index is 670. The predicted molar refractivity (Wildman–Crippen MR) is 105 cm³/mol. The van der Waals surface area contributed by atoms with Gasteiger partial charge in [-0.25, -0.2) is 9.97 Å². The van der Waals surface area contributed by atoms with Crippen molar-refractivity contribution in [3.8, 4) is 0 Å². The van der Waals surface area contributed by atoms with Crippen LogP contribution in [0.15, 0.2) is 42.7 Å². The van der Waals surface area contributed by atoms with Gasteiger partial charge in [-0.2, -0.15) is 0 Å². The van der Waals surface area contributed by atoms with Crippen molar-refractivity contribution in [1.29, 1.82) is 0 Å². The number of rotatable bonds is 9. The normalized spacial score (nSPS) is 11.0. The summed E-state index contributed by atoms with van der Waals surface area (Å²) in [7, 11) is 4.03. The lowest BCUT2D eigenvalue weighted by Crippen LogP contribution is -2.31. The van der Waals surface area contributed by atoms with E-state index in [0.29, 0.717) is 12.2 Å². The van der Waals surface area contributed by atoms with Gasteiger partial charge in [-0.3, -0.25) is 4.79 Å². The van der Waals surface area contributed by atoms with Crippen LogP contribution in [0.5, 0.6) is 0 Å². The maximum absolute atomic E-state index is 12.2. The van der Waals surface area contributed by atoms with Gasteiger partial charge in [0, 0.05) is 19.1 Å². The number of benzene rings is 1. The second kappa shape index (κ2) is 9.87. The maximum Gasteiger partial charge on any atom is 0.271 e. The molecule has 6 heteroatoms. The summed E-state index contributed by atoms with van der Waals surface area (Å²) < 4.78 is 0. The Kier molecular flexibility index (Phi) is 7.53. The fourth-order valence-electron chi connectivity index (χ4n) is 2.58. The van der Waals surface area contributed by atoms with Crippen LogP contribution in [-0.2, 0) is 6.54 Å². The molecule has 0 aliphatic carbocycles. The lowest BCUT2D eigenvalue weighted by molar-refractivity contribution is 0.0947. The lowest BCUT2D eigenvalue weighted by atomic mass is 10.2. The van der Waals surface area contributed by atoms with E-state index in [1.54, 1.807) is 12.4 Å². The molecule has 1 aromatic heterocycles. The number of carbonyl (C=O) groups excluding carboxylic acids is 1. The average molecular weight is 355 g/mol. The summed E-state index contributed by atoms with van der Waals surface area (Å²) in [4.78, 5) is 25.2. The van der Waals surface area contributed by atoms with Crippen molar-refractivity contribution in [1.82, 2.24) is 20.2 Å². The molecule has 0 saturated carbocycles. The second-order valence-electron chi connectivity index (χ2n) is 6.88. The van der Waals surface area contributed by atoms with E-state index in [4.69, 9.17) is 0 Å². The van der Waals surface area contributed by atoms with Gasteiger partial charge in [0.05, 0.1) is 12.4 Å². The SMILES string of the molecule is CC(C)N(Cc1ccccc1)c1cnc(C(=O)NCCCN(C)C)cn1. The smallest absolute Gasteiger partial charge is 0.271 e.